The van der Waals surface area contributed by atoms with Gasteiger partial charge in [-0.25, -0.2) is 21.6 Å². The first-order valence-electron chi connectivity index (χ1n) is 19.9. The Bertz CT molecular complexity index is 2420. The fourth-order valence-corrected chi connectivity index (χ4v) is 10.8. The maximum atomic E-state index is 13.7. The second-order valence-corrected chi connectivity index (χ2v) is 20.1. The number of nitrogens with zero attached hydrogens (tertiary/aromatic N) is 3. The zero-order valence-electron chi connectivity index (χ0n) is 33.8. The van der Waals surface area contributed by atoms with Gasteiger partial charge in [0, 0.05) is 71.0 Å². The molecule has 60 heavy (non-hydrogen) atoms. The first-order chi connectivity index (χ1) is 28.7. The van der Waals surface area contributed by atoms with Gasteiger partial charge in [-0.2, -0.15) is 8.61 Å². The molecule has 1 atom stereocenters. The molecule has 0 spiro atoms. The number of sulfonamides is 2. The van der Waals surface area contributed by atoms with Crippen LogP contribution < -0.4 is 29.6 Å². The van der Waals surface area contributed by atoms with Gasteiger partial charge >= 0.3 is 6.09 Å². The van der Waals surface area contributed by atoms with Crippen LogP contribution in [-0.2, 0) is 29.6 Å². The molecule has 6 aliphatic heterocycles. The van der Waals surface area contributed by atoms with Crippen LogP contribution in [-0.4, -0.2) is 133 Å². The molecule has 0 fully saturated rings. The van der Waals surface area contributed by atoms with Crippen LogP contribution in [0.5, 0.6) is 23.0 Å². The minimum atomic E-state index is -3.75. The number of hydrogen-bond acceptors (Lipinski definition) is 12. The van der Waals surface area contributed by atoms with E-state index in [-0.39, 0.29) is 35.3 Å². The number of alkyl carbamates (subject to hydrolysis) is 1. The highest BCUT2D eigenvalue weighted by atomic mass is 32.2. The van der Waals surface area contributed by atoms with E-state index in [0.717, 1.165) is 29.8 Å². The van der Waals surface area contributed by atoms with Gasteiger partial charge in [-0.15, -0.1) is 0 Å². The molecule has 6 heterocycles. The average molecular weight is 864 g/mol. The van der Waals surface area contributed by atoms with E-state index >= 15 is 0 Å². The van der Waals surface area contributed by atoms with Crippen LogP contribution in [0.15, 0.2) is 98.8 Å². The van der Waals surface area contributed by atoms with Crippen LogP contribution in [0, 0.1) is 0 Å². The van der Waals surface area contributed by atoms with Gasteiger partial charge in [0.1, 0.15) is 32.0 Å². The van der Waals surface area contributed by atoms with Crippen molar-refractivity contribution in [2.45, 2.75) is 42.1 Å². The Morgan fingerprint density at radius 1 is 0.667 bits per heavy atom. The summed E-state index contributed by atoms with van der Waals surface area (Å²) < 4.78 is 82.5. The molecule has 0 aliphatic carbocycles. The summed E-state index contributed by atoms with van der Waals surface area (Å²) in [5.41, 5.74) is 4.40. The van der Waals surface area contributed by atoms with Crippen LogP contribution in [0.2, 0.25) is 0 Å². The number of nitrogens with one attached hydrogen (secondary N) is 2. The number of fused-ring (bicyclic) bond motifs is 2. The summed E-state index contributed by atoms with van der Waals surface area (Å²) in [5, 5.41) is 5.98. The lowest BCUT2D eigenvalue weighted by Gasteiger charge is -2.27. The second-order valence-electron chi connectivity index (χ2n) is 16.2. The van der Waals surface area contributed by atoms with Crippen molar-refractivity contribution in [3.8, 4) is 23.0 Å². The summed E-state index contributed by atoms with van der Waals surface area (Å²) in [6, 6.07) is 18.8. The van der Waals surface area contributed by atoms with Crippen LogP contribution in [0.3, 0.4) is 0 Å². The van der Waals surface area contributed by atoms with E-state index in [2.05, 4.69) is 10.6 Å². The number of amides is 2. The van der Waals surface area contributed by atoms with Crippen molar-refractivity contribution in [3.05, 3.63) is 94.6 Å². The van der Waals surface area contributed by atoms with E-state index in [0.29, 0.717) is 75.6 Å². The molecule has 320 valence electrons. The van der Waals surface area contributed by atoms with Gasteiger partial charge in [-0.3, -0.25) is 4.79 Å². The molecule has 6 aliphatic rings. The van der Waals surface area contributed by atoms with E-state index in [1.807, 2.05) is 30.3 Å². The predicted octanol–water partition coefficient (Wildman–Crippen LogP) is 3.27. The molecule has 0 bridgehead atoms. The van der Waals surface area contributed by atoms with Crippen LogP contribution in [0.1, 0.15) is 32.3 Å². The fraction of sp³-hybridized carbons (Fsp3) is 0.429. The van der Waals surface area contributed by atoms with Crippen molar-refractivity contribution in [3.63, 3.8) is 0 Å². The molecule has 16 nitrogen and oxygen atoms in total. The van der Waals surface area contributed by atoms with Crippen molar-refractivity contribution >= 4 is 32.0 Å². The molecule has 0 saturated heterocycles. The molecule has 0 saturated carbocycles. The second kappa shape index (κ2) is 16.7. The molecule has 2 N–H and O–H groups in total. The van der Waals surface area contributed by atoms with Crippen LogP contribution in [0.4, 0.5) is 4.79 Å². The first-order valence-corrected chi connectivity index (χ1v) is 22.7. The standard InChI is InChI=1S/C28H33N3O7S.C14H16N2O4S/c1-28(2,3)38-27(33)29-14-23(19-7-5-4-6-8-19)26(32)30-15-20-17-31(18-21(20)16-30)39(34,35)22-9-10-24-25(13-22)37-12-11-36-24;17-21(18,16-8-10-6-15-7-11(10)9-16)12-1-2-13-14(5-12)20-4-3-19-13/h4-10,13,23H,11-12,14-18H2,1-3H3,(H,29,33);1-2,5,15H,3-4,6-9H2/t23-;/m0./s1. The largest absolute Gasteiger partial charge is 0.486 e. The smallest absolute Gasteiger partial charge is 0.407 e. The highest BCUT2D eigenvalue weighted by molar-refractivity contribution is 7.89. The number of carbonyl (C=O) groups is 2. The Labute approximate surface area is 350 Å². The summed E-state index contributed by atoms with van der Waals surface area (Å²) in [6.45, 7) is 10.9. The zero-order valence-corrected chi connectivity index (χ0v) is 35.4. The summed E-state index contributed by atoms with van der Waals surface area (Å²) in [7, 11) is -7.24. The van der Waals surface area contributed by atoms with Gasteiger partial charge in [-0.05, 0) is 72.9 Å². The first kappa shape index (κ1) is 41.6. The van der Waals surface area contributed by atoms with Crippen LogP contribution in [0.25, 0.3) is 0 Å². The van der Waals surface area contributed by atoms with Gasteiger partial charge in [0.2, 0.25) is 26.0 Å². The Hall–Kier alpha value is -5.14. The Morgan fingerprint density at radius 3 is 1.62 bits per heavy atom. The highest BCUT2D eigenvalue weighted by Gasteiger charge is 2.40. The van der Waals surface area contributed by atoms with E-state index in [1.165, 1.54) is 31.9 Å². The number of hydrogen-bond donors (Lipinski definition) is 2. The van der Waals surface area contributed by atoms with Gasteiger partial charge < -0.3 is 39.2 Å². The minimum Gasteiger partial charge on any atom is -0.486 e. The van der Waals surface area contributed by atoms with Gasteiger partial charge in [-0.1, -0.05) is 30.3 Å². The molecule has 9 rings (SSSR count). The Balaban J connectivity index is 0.000000198. The van der Waals surface area contributed by atoms with Gasteiger partial charge in [0.15, 0.2) is 23.0 Å². The molecular formula is C42H49N5O11S2. The third-order valence-electron chi connectivity index (χ3n) is 10.9. The third kappa shape index (κ3) is 8.83. The average Bonchev–Trinajstić information content (AvgIpc) is 4.03. The van der Waals surface area contributed by atoms with Crippen molar-refractivity contribution < 1.29 is 50.1 Å². The molecule has 2 amide bonds. The third-order valence-corrected chi connectivity index (χ3v) is 14.4. The van der Waals surface area contributed by atoms with E-state index in [1.54, 1.807) is 49.9 Å². The molecule has 3 aromatic rings. The molecule has 3 aromatic carbocycles. The van der Waals surface area contributed by atoms with Crippen molar-refractivity contribution in [2.75, 3.05) is 85.3 Å². The van der Waals surface area contributed by atoms with Crippen LogP contribution >= 0.6 is 0 Å². The quantitative estimate of drug-likeness (QED) is 0.316. The number of carbonyl (C=O) groups excluding carboxylic acids is 2. The fourth-order valence-electron chi connectivity index (χ4n) is 7.89. The maximum absolute atomic E-state index is 13.7. The zero-order chi connectivity index (χ0) is 42.2. The van der Waals surface area contributed by atoms with Crippen molar-refractivity contribution in [2.24, 2.45) is 0 Å². The lowest BCUT2D eigenvalue weighted by molar-refractivity contribution is -0.131. The van der Waals surface area contributed by atoms with Crippen molar-refractivity contribution in [1.29, 1.82) is 0 Å². The summed E-state index contributed by atoms with van der Waals surface area (Å²) in [4.78, 5) is 28.1. The van der Waals surface area contributed by atoms with Gasteiger partial charge in [0.05, 0.1) is 15.7 Å². The Morgan fingerprint density at radius 2 is 1.13 bits per heavy atom. The lowest BCUT2D eigenvalue weighted by atomic mass is 9.97. The highest BCUT2D eigenvalue weighted by Crippen LogP contribution is 2.37. The lowest BCUT2D eigenvalue weighted by Crippen LogP contribution is -2.42. The molecule has 18 heteroatoms. The Kier molecular flexibility index (Phi) is 11.6. The van der Waals surface area contributed by atoms with E-state index in [9.17, 15) is 26.4 Å². The van der Waals surface area contributed by atoms with Gasteiger partial charge in [0.25, 0.3) is 0 Å². The molecular weight excluding hydrogens is 815 g/mol. The molecule has 0 unspecified atom stereocenters. The summed E-state index contributed by atoms with van der Waals surface area (Å²) >= 11 is 0. The summed E-state index contributed by atoms with van der Waals surface area (Å²) in [6.07, 6.45) is -0.585. The van der Waals surface area contributed by atoms with Crippen molar-refractivity contribution in [1.82, 2.24) is 24.1 Å². The number of benzene rings is 3. The molecule has 0 radical (unpaired) electrons. The normalized spacial score (nSPS) is 19.4. The predicted molar refractivity (Wildman–Crippen MR) is 219 cm³/mol. The summed E-state index contributed by atoms with van der Waals surface area (Å²) in [5.74, 6) is 1.33. The minimum absolute atomic E-state index is 0.0869. The SMILES string of the molecule is CC(C)(C)OC(=O)NC[C@H](C(=O)N1CC2=C(C1)CN(S(=O)(=O)c1ccc3c(c1)OCCO3)C2)c1ccccc1.O=S(=O)(c1ccc2c(c1)OCCO2)N1CC2=C(CNC2)C1. The van der Waals surface area contributed by atoms with E-state index in [4.69, 9.17) is 23.7 Å². The monoisotopic (exact) mass is 863 g/mol. The van der Waals surface area contributed by atoms with E-state index < -0.39 is 37.7 Å². The number of ether oxygens (including phenoxy) is 5. The molecule has 0 aromatic heterocycles. The maximum Gasteiger partial charge on any atom is 0.407 e. The number of rotatable bonds is 8. The topological polar surface area (TPSA) is 182 Å².